The van der Waals surface area contributed by atoms with Gasteiger partial charge in [0.25, 0.3) is 0 Å². The second-order valence-electron chi connectivity index (χ2n) is 6.69. The van der Waals surface area contributed by atoms with E-state index < -0.39 is 41.2 Å². The van der Waals surface area contributed by atoms with E-state index in [-0.39, 0.29) is 5.11 Å². The van der Waals surface area contributed by atoms with Crippen LogP contribution >= 0.6 is 23.8 Å². The molecule has 0 saturated carbocycles. The van der Waals surface area contributed by atoms with Crippen LogP contribution in [0, 0.1) is 42.9 Å². The van der Waals surface area contributed by atoms with E-state index in [1.165, 1.54) is 0 Å². The molecule has 3 rings (SSSR count). The topological polar surface area (TPSA) is 41.9 Å². The molecule has 0 unspecified atom stereocenters. The summed E-state index contributed by atoms with van der Waals surface area (Å²) in [6.07, 6.45) is 0. The SMILES string of the molecule is Cc1nn(Cc2c(F)c(F)c(F)c(F)c2F)c(C)c1NC(=S)NCc1ccc(Cl)cc1. The Hall–Kier alpha value is -2.72. The molecule has 0 aliphatic heterocycles. The fourth-order valence-corrected chi connectivity index (χ4v) is 3.21. The number of hydrogen-bond acceptors (Lipinski definition) is 2. The average Bonchev–Trinajstić information content (AvgIpc) is 3.01. The van der Waals surface area contributed by atoms with Gasteiger partial charge < -0.3 is 10.6 Å². The number of nitrogens with one attached hydrogen (secondary N) is 2. The molecule has 1 heterocycles. The second-order valence-corrected chi connectivity index (χ2v) is 7.53. The van der Waals surface area contributed by atoms with Crippen molar-refractivity contribution < 1.29 is 22.0 Å². The Kier molecular flexibility index (Phi) is 6.80. The van der Waals surface area contributed by atoms with Crippen LogP contribution < -0.4 is 10.6 Å². The van der Waals surface area contributed by atoms with Crippen molar-refractivity contribution in [3.8, 4) is 0 Å². The van der Waals surface area contributed by atoms with Gasteiger partial charge in [-0.2, -0.15) is 5.10 Å². The molecule has 11 heteroatoms. The summed E-state index contributed by atoms with van der Waals surface area (Å²) in [5.41, 5.74) is 1.24. The lowest BCUT2D eigenvalue weighted by molar-refractivity contribution is 0.366. The maximum atomic E-state index is 14.0. The zero-order chi connectivity index (χ0) is 22.9. The lowest BCUT2D eigenvalue weighted by Gasteiger charge is -2.12. The summed E-state index contributed by atoms with van der Waals surface area (Å²) in [7, 11) is 0. The van der Waals surface area contributed by atoms with Crippen LogP contribution in [0.3, 0.4) is 0 Å². The van der Waals surface area contributed by atoms with E-state index in [1.807, 2.05) is 12.1 Å². The maximum absolute atomic E-state index is 14.0. The third kappa shape index (κ3) is 4.80. The molecule has 0 aliphatic carbocycles. The second kappa shape index (κ2) is 9.19. The van der Waals surface area contributed by atoms with Crippen molar-refractivity contribution in [2.24, 2.45) is 0 Å². The van der Waals surface area contributed by atoms with Crippen molar-refractivity contribution in [3.05, 3.63) is 80.9 Å². The first-order valence-corrected chi connectivity index (χ1v) is 9.72. The van der Waals surface area contributed by atoms with E-state index in [4.69, 9.17) is 23.8 Å². The molecule has 0 radical (unpaired) electrons. The first kappa shape index (κ1) is 23.0. The first-order valence-electron chi connectivity index (χ1n) is 8.93. The highest BCUT2D eigenvalue weighted by Gasteiger charge is 2.26. The molecule has 0 fully saturated rings. The van der Waals surface area contributed by atoms with Gasteiger partial charge in [-0.25, -0.2) is 22.0 Å². The molecule has 3 aromatic rings. The minimum Gasteiger partial charge on any atom is -0.358 e. The van der Waals surface area contributed by atoms with Crippen LogP contribution in [0.2, 0.25) is 5.02 Å². The van der Waals surface area contributed by atoms with Crippen molar-refractivity contribution in [2.45, 2.75) is 26.9 Å². The van der Waals surface area contributed by atoms with Crippen LogP contribution in [0.4, 0.5) is 27.6 Å². The van der Waals surface area contributed by atoms with Crippen LogP contribution in [0.5, 0.6) is 0 Å². The highest BCUT2D eigenvalue weighted by atomic mass is 35.5. The van der Waals surface area contributed by atoms with Crippen LogP contribution in [-0.4, -0.2) is 14.9 Å². The minimum atomic E-state index is -2.20. The molecule has 2 N–H and O–H groups in total. The molecule has 0 bridgehead atoms. The molecule has 0 atom stereocenters. The lowest BCUT2D eigenvalue weighted by Crippen LogP contribution is -2.28. The summed E-state index contributed by atoms with van der Waals surface area (Å²) >= 11 is 11.1. The number of nitrogens with zero attached hydrogens (tertiary/aromatic N) is 2. The maximum Gasteiger partial charge on any atom is 0.200 e. The van der Waals surface area contributed by atoms with E-state index in [1.54, 1.807) is 26.0 Å². The summed E-state index contributed by atoms with van der Waals surface area (Å²) in [4.78, 5) is 0. The minimum absolute atomic E-state index is 0.261. The Balaban J connectivity index is 1.77. The first-order chi connectivity index (χ1) is 14.6. The van der Waals surface area contributed by atoms with Crippen LogP contribution in [0.15, 0.2) is 24.3 Å². The quantitative estimate of drug-likeness (QED) is 0.225. The smallest absolute Gasteiger partial charge is 0.200 e. The summed E-state index contributed by atoms with van der Waals surface area (Å²) < 4.78 is 69.4. The lowest BCUT2D eigenvalue weighted by atomic mass is 10.1. The summed E-state index contributed by atoms with van der Waals surface area (Å²) in [5, 5.41) is 10.9. The predicted molar refractivity (Wildman–Crippen MR) is 112 cm³/mol. The van der Waals surface area contributed by atoms with Gasteiger partial charge in [0.05, 0.1) is 29.2 Å². The fourth-order valence-electron chi connectivity index (χ4n) is 2.91. The van der Waals surface area contributed by atoms with E-state index in [2.05, 4.69) is 15.7 Å². The van der Waals surface area contributed by atoms with E-state index in [9.17, 15) is 22.0 Å². The van der Waals surface area contributed by atoms with E-state index in [0.717, 1.165) is 10.2 Å². The van der Waals surface area contributed by atoms with Crippen molar-refractivity contribution in [1.82, 2.24) is 15.1 Å². The Labute approximate surface area is 185 Å². The van der Waals surface area contributed by atoms with Gasteiger partial charge in [-0.3, -0.25) is 4.68 Å². The van der Waals surface area contributed by atoms with Crippen LogP contribution in [-0.2, 0) is 13.1 Å². The van der Waals surface area contributed by atoms with Gasteiger partial charge in [-0.1, -0.05) is 23.7 Å². The Bertz CT molecular complexity index is 1120. The van der Waals surface area contributed by atoms with Crippen LogP contribution in [0.25, 0.3) is 0 Å². The van der Waals surface area contributed by atoms with Gasteiger partial charge in [-0.15, -0.1) is 0 Å². The Morgan fingerprint density at radius 1 is 0.968 bits per heavy atom. The van der Waals surface area contributed by atoms with E-state index >= 15 is 0 Å². The monoisotopic (exact) mass is 474 g/mol. The number of aromatic nitrogens is 2. The van der Waals surface area contributed by atoms with Crippen molar-refractivity contribution >= 4 is 34.6 Å². The van der Waals surface area contributed by atoms with Gasteiger partial charge in [-0.05, 0) is 43.8 Å². The fraction of sp³-hybridized carbons (Fsp3) is 0.200. The number of benzene rings is 2. The zero-order valence-corrected chi connectivity index (χ0v) is 17.9. The molecule has 4 nitrogen and oxygen atoms in total. The Morgan fingerprint density at radius 2 is 1.52 bits per heavy atom. The molecule has 0 aliphatic rings. The third-order valence-corrected chi connectivity index (χ3v) is 5.09. The normalized spacial score (nSPS) is 11.0. The summed E-state index contributed by atoms with van der Waals surface area (Å²) in [6, 6.07) is 7.15. The number of rotatable bonds is 5. The van der Waals surface area contributed by atoms with Gasteiger partial charge in [0, 0.05) is 11.6 Å². The standard InChI is InChI=1S/C20H16ClF5N4S/c1-9-19(28-20(31)27-7-11-3-5-12(21)6-4-11)10(2)30(29-9)8-13-14(22)16(24)18(26)17(25)15(13)23/h3-6H,7-8H2,1-2H3,(H2,27,28,31). The summed E-state index contributed by atoms with van der Waals surface area (Å²) in [6.45, 7) is 2.97. The van der Waals surface area contributed by atoms with Gasteiger partial charge in [0.2, 0.25) is 5.82 Å². The molecule has 0 amide bonds. The van der Waals surface area contributed by atoms with Gasteiger partial charge in [0.15, 0.2) is 28.4 Å². The highest BCUT2D eigenvalue weighted by Crippen LogP contribution is 2.26. The number of thiocarbonyl (C=S) groups is 1. The van der Waals surface area contributed by atoms with Gasteiger partial charge in [0.1, 0.15) is 0 Å². The van der Waals surface area contributed by atoms with Crippen LogP contribution in [0.1, 0.15) is 22.5 Å². The molecule has 0 saturated heterocycles. The number of hydrogen-bond donors (Lipinski definition) is 2. The Morgan fingerprint density at radius 3 is 2.10 bits per heavy atom. The van der Waals surface area contributed by atoms with Crippen molar-refractivity contribution in [1.29, 1.82) is 0 Å². The number of anilines is 1. The molecule has 31 heavy (non-hydrogen) atoms. The number of halogens is 6. The molecular formula is C20H16ClF5N4S. The molecule has 0 spiro atoms. The predicted octanol–water partition coefficient (Wildman–Crippen LogP) is 5.38. The summed E-state index contributed by atoms with van der Waals surface area (Å²) in [5.74, 6) is -9.98. The molecule has 1 aromatic heterocycles. The van der Waals surface area contributed by atoms with Gasteiger partial charge >= 0.3 is 0 Å². The average molecular weight is 475 g/mol. The number of aryl methyl sites for hydroxylation is 1. The largest absolute Gasteiger partial charge is 0.358 e. The zero-order valence-electron chi connectivity index (χ0n) is 16.3. The highest BCUT2D eigenvalue weighted by molar-refractivity contribution is 7.80. The van der Waals surface area contributed by atoms with E-state index in [0.29, 0.717) is 28.6 Å². The molecule has 2 aromatic carbocycles. The van der Waals surface area contributed by atoms with Crippen molar-refractivity contribution in [3.63, 3.8) is 0 Å². The van der Waals surface area contributed by atoms with Crippen molar-refractivity contribution in [2.75, 3.05) is 5.32 Å². The third-order valence-electron chi connectivity index (χ3n) is 4.59. The molecule has 164 valence electrons. The molecular weight excluding hydrogens is 459 g/mol.